The molecule has 3 aromatic rings. The molecule has 0 N–H and O–H groups in total. The zero-order valence-corrected chi connectivity index (χ0v) is 27.4. The third kappa shape index (κ3) is 9.50. The van der Waals surface area contributed by atoms with Gasteiger partial charge in [-0.1, -0.05) is 87.5 Å². The molecule has 0 aliphatic heterocycles. The van der Waals surface area contributed by atoms with E-state index < -0.39 is 8.32 Å². The van der Waals surface area contributed by atoms with Crippen molar-refractivity contribution in [3.8, 4) is 0 Å². The van der Waals surface area contributed by atoms with E-state index >= 15 is 0 Å². The van der Waals surface area contributed by atoms with E-state index in [2.05, 4.69) is 107 Å². The van der Waals surface area contributed by atoms with Crippen molar-refractivity contribution in [2.75, 3.05) is 18.3 Å². The van der Waals surface area contributed by atoms with E-state index in [1.54, 1.807) is 0 Å². The maximum Gasteiger partial charge on any atom is 0.192 e. The first kappa shape index (κ1) is 31.4. The Kier molecular flexibility index (Phi) is 11.8. The maximum absolute atomic E-state index is 7.23. The van der Waals surface area contributed by atoms with Crippen LogP contribution in [0.2, 0.25) is 18.1 Å². The summed E-state index contributed by atoms with van der Waals surface area (Å²) in [6, 6.07) is 31.9. The number of ether oxygens (including phenoxy) is 2. The topological polar surface area (TPSA) is 27.7 Å². The first-order valence-electron chi connectivity index (χ1n) is 14.5. The summed E-state index contributed by atoms with van der Waals surface area (Å²) in [6.07, 6.45) is 2.26. The number of thioether (sulfide) groups is 2. The SMILES string of the molecule is CC(C)(C)[Si](C)(C)O[C@H]1C[C@H](OCOCc2ccccc2)CC(CSc2ccccc2)C1CSc1ccccc1. The first-order valence-corrected chi connectivity index (χ1v) is 19.4. The van der Waals surface area contributed by atoms with Crippen LogP contribution in [0.15, 0.2) is 101 Å². The highest BCUT2D eigenvalue weighted by atomic mass is 32.2. The second-order valence-corrected chi connectivity index (χ2v) is 19.2. The van der Waals surface area contributed by atoms with Crippen LogP contribution in [0.1, 0.15) is 39.2 Å². The van der Waals surface area contributed by atoms with E-state index in [1.165, 1.54) is 15.4 Å². The first-order chi connectivity index (χ1) is 19.2. The number of benzene rings is 3. The Morgan fingerprint density at radius 1 is 0.750 bits per heavy atom. The van der Waals surface area contributed by atoms with E-state index in [1.807, 2.05) is 41.7 Å². The Labute approximate surface area is 251 Å². The zero-order chi connectivity index (χ0) is 28.4. The van der Waals surface area contributed by atoms with Gasteiger partial charge in [-0.25, -0.2) is 0 Å². The largest absolute Gasteiger partial charge is 0.414 e. The lowest BCUT2D eigenvalue weighted by Gasteiger charge is -2.47. The molecule has 0 radical (unpaired) electrons. The van der Waals surface area contributed by atoms with E-state index in [0.717, 1.165) is 24.3 Å². The summed E-state index contributed by atoms with van der Waals surface area (Å²) < 4.78 is 19.6. The molecule has 0 bridgehead atoms. The fourth-order valence-corrected chi connectivity index (χ4v) is 8.66. The average Bonchev–Trinajstić information content (AvgIpc) is 2.94. The van der Waals surface area contributed by atoms with Gasteiger partial charge in [0.05, 0.1) is 18.8 Å². The van der Waals surface area contributed by atoms with Gasteiger partial charge in [-0.2, -0.15) is 0 Å². The Morgan fingerprint density at radius 3 is 1.88 bits per heavy atom. The van der Waals surface area contributed by atoms with Crippen LogP contribution >= 0.6 is 23.5 Å². The van der Waals surface area contributed by atoms with Gasteiger partial charge in [-0.3, -0.25) is 0 Å². The summed E-state index contributed by atoms with van der Waals surface area (Å²) in [7, 11) is -1.97. The fraction of sp³-hybridized carbons (Fsp3) is 0.471. The van der Waals surface area contributed by atoms with Crippen LogP contribution in [0.25, 0.3) is 0 Å². The van der Waals surface area contributed by atoms with Crippen LogP contribution in [0.3, 0.4) is 0 Å². The minimum atomic E-state index is -1.97. The molecule has 1 fully saturated rings. The van der Waals surface area contributed by atoms with E-state index in [4.69, 9.17) is 13.9 Å². The monoisotopic (exact) mass is 594 g/mol. The Bertz CT molecular complexity index is 1120. The number of rotatable bonds is 13. The summed E-state index contributed by atoms with van der Waals surface area (Å²) in [5.74, 6) is 3.07. The fourth-order valence-electron chi connectivity index (χ4n) is 4.92. The van der Waals surface area contributed by atoms with Crippen molar-refractivity contribution in [2.45, 2.75) is 80.4 Å². The van der Waals surface area contributed by atoms with Gasteiger partial charge in [0.1, 0.15) is 6.79 Å². The van der Waals surface area contributed by atoms with Gasteiger partial charge >= 0.3 is 0 Å². The zero-order valence-electron chi connectivity index (χ0n) is 24.8. The van der Waals surface area contributed by atoms with Gasteiger partial charge in [-0.15, -0.1) is 23.5 Å². The minimum absolute atomic E-state index is 0.130. The van der Waals surface area contributed by atoms with Gasteiger partial charge < -0.3 is 13.9 Å². The van der Waals surface area contributed by atoms with Gasteiger partial charge in [0, 0.05) is 21.3 Å². The lowest BCUT2D eigenvalue weighted by atomic mass is 9.78. The molecule has 1 aliphatic carbocycles. The lowest BCUT2D eigenvalue weighted by molar-refractivity contribution is -0.128. The van der Waals surface area contributed by atoms with Gasteiger partial charge in [0.2, 0.25) is 0 Å². The van der Waals surface area contributed by atoms with Crippen molar-refractivity contribution in [3.63, 3.8) is 0 Å². The molecule has 3 aromatic carbocycles. The molecule has 6 heteroatoms. The summed E-state index contributed by atoms with van der Waals surface area (Å²) >= 11 is 3.94. The van der Waals surface area contributed by atoms with E-state index in [0.29, 0.717) is 25.2 Å². The average molecular weight is 595 g/mol. The third-order valence-electron chi connectivity index (χ3n) is 8.29. The molecule has 40 heavy (non-hydrogen) atoms. The molecular weight excluding hydrogens is 549 g/mol. The quantitative estimate of drug-likeness (QED) is 0.0850. The second-order valence-electron chi connectivity index (χ2n) is 12.3. The van der Waals surface area contributed by atoms with Crippen molar-refractivity contribution >= 4 is 31.8 Å². The lowest BCUT2D eigenvalue weighted by Crippen LogP contribution is -2.51. The highest BCUT2D eigenvalue weighted by molar-refractivity contribution is 7.99. The molecule has 4 rings (SSSR count). The molecule has 1 saturated carbocycles. The number of hydrogen-bond acceptors (Lipinski definition) is 5. The van der Waals surface area contributed by atoms with E-state index in [9.17, 15) is 0 Å². The van der Waals surface area contributed by atoms with Crippen molar-refractivity contribution in [1.29, 1.82) is 0 Å². The highest BCUT2D eigenvalue weighted by Gasteiger charge is 2.45. The summed E-state index contributed by atoms with van der Waals surface area (Å²) in [5, 5.41) is 0.158. The predicted molar refractivity (Wildman–Crippen MR) is 174 cm³/mol. The second kappa shape index (κ2) is 15.1. The Morgan fingerprint density at radius 2 is 1.30 bits per heavy atom. The molecule has 0 spiro atoms. The molecule has 216 valence electrons. The maximum atomic E-state index is 7.23. The molecule has 0 saturated heterocycles. The van der Waals surface area contributed by atoms with E-state index in [-0.39, 0.29) is 17.2 Å². The molecule has 0 heterocycles. The van der Waals surface area contributed by atoms with Crippen molar-refractivity contribution in [3.05, 3.63) is 96.6 Å². The summed E-state index contributed by atoms with van der Waals surface area (Å²) in [6.45, 7) is 12.7. The van der Waals surface area contributed by atoms with Crippen LogP contribution in [0.5, 0.6) is 0 Å². The van der Waals surface area contributed by atoms with Crippen molar-refractivity contribution in [1.82, 2.24) is 0 Å². The summed E-state index contributed by atoms with van der Waals surface area (Å²) in [5.41, 5.74) is 1.17. The molecule has 4 atom stereocenters. The van der Waals surface area contributed by atoms with Gasteiger partial charge in [0.25, 0.3) is 0 Å². The van der Waals surface area contributed by atoms with Gasteiger partial charge in [0.15, 0.2) is 8.32 Å². The smallest absolute Gasteiger partial charge is 0.192 e. The van der Waals surface area contributed by atoms with Crippen LogP contribution in [0.4, 0.5) is 0 Å². The third-order valence-corrected chi connectivity index (χ3v) is 15.1. The Balaban J connectivity index is 1.49. The van der Waals surface area contributed by atoms with Crippen LogP contribution in [-0.4, -0.2) is 38.8 Å². The molecular formula is C34H46O3S2Si. The normalized spacial score (nSPS) is 21.8. The minimum Gasteiger partial charge on any atom is -0.414 e. The van der Waals surface area contributed by atoms with Crippen molar-refractivity contribution < 1.29 is 13.9 Å². The molecule has 3 nitrogen and oxygen atoms in total. The molecule has 2 unspecified atom stereocenters. The van der Waals surface area contributed by atoms with Crippen LogP contribution < -0.4 is 0 Å². The van der Waals surface area contributed by atoms with Crippen molar-refractivity contribution in [2.24, 2.45) is 11.8 Å². The molecule has 0 amide bonds. The highest BCUT2D eigenvalue weighted by Crippen LogP contribution is 2.44. The Hall–Kier alpha value is -1.54. The molecule has 0 aromatic heterocycles. The van der Waals surface area contributed by atoms with Crippen LogP contribution in [-0.2, 0) is 20.5 Å². The summed E-state index contributed by atoms with van der Waals surface area (Å²) in [4.78, 5) is 2.66. The standard InChI is InChI=1S/C34H46O3S2Si/c1-34(2,3)40(4,5)37-33-22-29(36-26-35-23-27-15-9-6-10-16-27)21-28(24-38-30-17-11-7-12-18-30)32(33)25-39-31-19-13-8-14-20-31/h6-20,28-29,32-33H,21-26H2,1-5H3/t28?,29-,32?,33+/m1/s1. The predicted octanol–water partition coefficient (Wildman–Crippen LogP) is 9.55. The van der Waals surface area contributed by atoms with Gasteiger partial charge in [-0.05, 0) is 72.6 Å². The van der Waals surface area contributed by atoms with Crippen LogP contribution in [0, 0.1) is 11.8 Å². The number of hydrogen-bond donors (Lipinski definition) is 0. The molecule has 1 aliphatic rings.